The van der Waals surface area contributed by atoms with Gasteiger partial charge in [-0.05, 0) is 96.8 Å². The molecule has 0 radical (unpaired) electrons. The van der Waals surface area contributed by atoms with E-state index in [4.69, 9.17) is 4.74 Å². The van der Waals surface area contributed by atoms with Gasteiger partial charge in [0.1, 0.15) is 5.75 Å². The van der Waals surface area contributed by atoms with Gasteiger partial charge in [0.2, 0.25) is 5.91 Å². The number of nitrogens with one attached hydrogen (secondary N) is 1. The molecule has 1 aromatic heterocycles. The van der Waals surface area contributed by atoms with E-state index in [1.807, 2.05) is 35.7 Å². The maximum absolute atomic E-state index is 12.8. The molecule has 8 heteroatoms. The van der Waals surface area contributed by atoms with Crippen molar-refractivity contribution in [1.29, 1.82) is 0 Å². The summed E-state index contributed by atoms with van der Waals surface area (Å²) >= 11 is 5.02. The molecular weight excluding hydrogens is 540 g/mol. The first-order valence-electron chi connectivity index (χ1n) is 12.7. The number of nitrogens with zero attached hydrogens (tertiary/aromatic N) is 1. The Labute approximate surface area is 224 Å². The van der Waals surface area contributed by atoms with E-state index in [9.17, 15) is 14.7 Å². The van der Waals surface area contributed by atoms with Gasteiger partial charge >= 0.3 is 5.97 Å². The first-order chi connectivity index (χ1) is 17.2. The summed E-state index contributed by atoms with van der Waals surface area (Å²) in [6, 6.07) is 9.54. The van der Waals surface area contributed by atoms with Gasteiger partial charge in [-0.1, -0.05) is 12.1 Å². The Bertz CT molecular complexity index is 1160. The number of hydrogen-bond acceptors (Lipinski definition) is 6. The summed E-state index contributed by atoms with van der Waals surface area (Å²) in [6.07, 6.45) is 8.77. The second kappa shape index (κ2) is 10.4. The Morgan fingerprint density at radius 2 is 2.11 bits per heavy atom. The number of amides is 1. The zero-order valence-corrected chi connectivity index (χ0v) is 22.9. The maximum Gasteiger partial charge on any atom is 0.308 e. The zero-order chi connectivity index (χ0) is 25.3. The number of thiophene rings is 1. The molecule has 0 bridgehead atoms. The molecular formula is C28H33BrN2O4S. The predicted octanol–water partition coefficient (Wildman–Crippen LogP) is 4.90. The SMILES string of the molecule is CC(=O)Oc1cccc([C@@]23CCN(CC4CC4)C[C@@]2(O)CC[C@@H](NC(=O)/C=C/c2cc(Br)cs2)C3)c1. The minimum absolute atomic E-state index is 0.0511. The van der Waals surface area contributed by atoms with Gasteiger partial charge in [-0.15, -0.1) is 11.3 Å². The molecule has 36 heavy (non-hydrogen) atoms. The fraction of sp³-hybridized carbons (Fsp3) is 0.500. The fourth-order valence-corrected chi connectivity index (χ4v) is 7.39. The Morgan fingerprint density at radius 3 is 2.83 bits per heavy atom. The Morgan fingerprint density at radius 1 is 1.28 bits per heavy atom. The number of esters is 1. The van der Waals surface area contributed by atoms with Crippen LogP contribution in [0.3, 0.4) is 0 Å². The van der Waals surface area contributed by atoms with E-state index in [0.717, 1.165) is 46.8 Å². The monoisotopic (exact) mass is 572 g/mol. The van der Waals surface area contributed by atoms with Crippen LogP contribution in [0.2, 0.25) is 0 Å². The van der Waals surface area contributed by atoms with E-state index < -0.39 is 11.0 Å². The van der Waals surface area contributed by atoms with Crippen LogP contribution in [0.1, 0.15) is 55.9 Å². The summed E-state index contributed by atoms with van der Waals surface area (Å²) < 4.78 is 6.40. The largest absolute Gasteiger partial charge is 0.427 e. The standard InChI is InChI=1S/C28H33BrN2O4S/c1-19(32)35-24-4-2-3-21(13-24)27-11-12-31(16-20-5-6-20)18-28(27,34)10-9-23(15-27)30-26(33)8-7-25-14-22(29)17-36-25/h2-4,7-8,13-14,17,20,23,34H,5-6,9-12,15-16,18H2,1H3,(H,30,33)/b8-7+/t23-,27+,28+/m1/s1. The molecule has 2 aliphatic carbocycles. The minimum Gasteiger partial charge on any atom is -0.427 e. The highest BCUT2D eigenvalue weighted by molar-refractivity contribution is 9.10. The second-order valence-corrected chi connectivity index (χ2v) is 12.5. The molecule has 3 aliphatic rings. The van der Waals surface area contributed by atoms with Gasteiger partial charge in [-0.2, -0.15) is 0 Å². The first kappa shape index (κ1) is 25.6. The van der Waals surface area contributed by atoms with Gasteiger partial charge < -0.3 is 20.1 Å². The minimum atomic E-state index is -0.907. The van der Waals surface area contributed by atoms with Crippen LogP contribution in [0.25, 0.3) is 6.08 Å². The number of ether oxygens (including phenoxy) is 1. The van der Waals surface area contributed by atoms with Gasteiger partial charge in [0, 0.05) is 52.3 Å². The van der Waals surface area contributed by atoms with E-state index in [2.05, 4.69) is 26.1 Å². The Kier molecular flexibility index (Phi) is 7.41. The molecule has 3 fully saturated rings. The lowest BCUT2D eigenvalue weighted by atomic mass is 9.55. The van der Waals surface area contributed by atoms with Crippen LogP contribution in [0.4, 0.5) is 0 Å². The van der Waals surface area contributed by atoms with Crippen molar-refractivity contribution >= 4 is 45.2 Å². The molecule has 2 aromatic rings. The Hall–Kier alpha value is -2.00. The summed E-state index contributed by atoms with van der Waals surface area (Å²) in [5.74, 6) is 0.774. The van der Waals surface area contributed by atoms with Crippen molar-refractivity contribution in [3.63, 3.8) is 0 Å². The third kappa shape index (κ3) is 5.62. The first-order valence-corrected chi connectivity index (χ1v) is 14.4. The van der Waals surface area contributed by atoms with Gasteiger partial charge in [0.05, 0.1) is 5.60 Å². The molecule has 2 heterocycles. The van der Waals surface area contributed by atoms with Crippen molar-refractivity contribution in [2.75, 3.05) is 19.6 Å². The Balaban J connectivity index is 1.38. The number of rotatable bonds is 7. The van der Waals surface area contributed by atoms with Gasteiger partial charge in [-0.25, -0.2) is 0 Å². The molecule has 1 aromatic carbocycles. The van der Waals surface area contributed by atoms with Crippen molar-refractivity contribution in [3.05, 3.63) is 56.7 Å². The van der Waals surface area contributed by atoms with Gasteiger partial charge in [-0.3, -0.25) is 9.59 Å². The van der Waals surface area contributed by atoms with Crippen LogP contribution in [0, 0.1) is 5.92 Å². The summed E-state index contributed by atoms with van der Waals surface area (Å²) in [5.41, 5.74) is -0.454. The van der Waals surface area contributed by atoms with Crippen LogP contribution in [-0.4, -0.2) is 53.2 Å². The lowest BCUT2D eigenvalue weighted by molar-refractivity contribution is -0.133. The molecule has 1 saturated heterocycles. The number of halogens is 1. The van der Waals surface area contributed by atoms with Crippen molar-refractivity contribution in [3.8, 4) is 5.75 Å². The molecule has 3 atom stereocenters. The van der Waals surface area contributed by atoms with Crippen LogP contribution in [0.5, 0.6) is 5.75 Å². The molecule has 2 saturated carbocycles. The van der Waals surface area contributed by atoms with E-state index in [0.29, 0.717) is 25.1 Å². The topological polar surface area (TPSA) is 78.9 Å². The molecule has 5 rings (SSSR count). The van der Waals surface area contributed by atoms with Gasteiger partial charge in [0.25, 0.3) is 0 Å². The normalized spacial score (nSPS) is 28.6. The molecule has 1 aliphatic heterocycles. The average molecular weight is 574 g/mol. The number of fused-ring (bicyclic) bond motifs is 1. The number of piperidine rings is 1. The van der Waals surface area contributed by atoms with Crippen molar-refractivity contribution in [1.82, 2.24) is 10.2 Å². The summed E-state index contributed by atoms with van der Waals surface area (Å²) in [7, 11) is 0. The number of carbonyl (C=O) groups excluding carboxylic acids is 2. The average Bonchev–Trinajstić information content (AvgIpc) is 3.55. The van der Waals surface area contributed by atoms with Crippen molar-refractivity contribution < 1.29 is 19.4 Å². The lowest BCUT2D eigenvalue weighted by Crippen LogP contribution is -2.67. The number of carbonyl (C=O) groups is 2. The van der Waals surface area contributed by atoms with E-state index in [-0.39, 0.29) is 17.9 Å². The predicted molar refractivity (Wildman–Crippen MR) is 145 cm³/mol. The van der Waals surface area contributed by atoms with Crippen molar-refractivity contribution in [2.45, 2.75) is 62.5 Å². The smallest absolute Gasteiger partial charge is 0.308 e. The highest BCUT2D eigenvalue weighted by atomic mass is 79.9. The number of β-amino-alcohol motifs (C(OH)–C–C–N with tert-alkyl or cyclic N) is 1. The maximum atomic E-state index is 12.8. The summed E-state index contributed by atoms with van der Waals surface area (Å²) in [6.45, 7) is 3.99. The number of hydrogen-bond donors (Lipinski definition) is 2. The number of likely N-dealkylation sites (tertiary alicyclic amines) is 1. The number of benzene rings is 1. The van der Waals surface area contributed by atoms with E-state index >= 15 is 0 Å². The van der Waals surface area contributed by atoms with Crippen molar-refractivity contribution in [2.24, 2.45) is 5.92 Å². The summed E-state index contributed by atoms with van der Waals surface area (Å²) in [4.78, 5) is 27.8. The van der Waals surface area contributed by atoms with E-state index in [1.165, 1.54) is 19.8 Å². The van der Waals surface area contributed by atoms with Crippen LogP contribution >= 0.6 is 27.3 Å². The fourth-order valence-electron chi connectivity index (χ4n) is 6.05. The quantitative estimate of drug-likeness (QED) is 0.280. The molecule has 2 N–H and O–H groups in total. The zero-order valence-electron chi connectivity index (χ0n) is 20.5. The highest BCUT2D eigenvalue weighted by Crippen LogP contribution is 2.52. The third-order valence-corrected chi connectivity index (χ3v) is 9.59. The highest BCUT2D eigenvalue weighted by Gasteiger charge is 2.57. The number of aliphatic hydroxyl groups is 1. The third-order valence-electron chi connectivity index (χ3n) is 7.93. The van der Waals surface area contributed by atoms with E-state index in [1.54, 1.807) is 23.5 Å². The molecule has 0 unspecified atom stereocenters. The van der Waals surface area contributed by atoms with Crippen LogP contribution in [0.15, 0.2) is 46.3 Å². The molecule has 6 nitrogen and oxygen atoms in total. The van der Waals surface area contributed by atoms with Crippen LogP contribution < -0.4 is 10.1 Å². The lowest BCUT2D eigenvalue weighted by Gasteiger charge is -2.58. The molecule has 192 valence electrons. The second-order valence-electron chi connectivity index (χ2n) is 10.6. The van der Waals surface area contributed by atoms with Gasteiger partial charge in [0.15, 0.2) is 0 Å². The molecule has 1 amide bonds. The summed E-state index contributed by atoms with van der Waals surface area (Å²) in [5, 5.41) is 17.4. The van der Waals surface area contributed by atoms with Crippen LogP contribution in [-0.2, 0) is 15.0 Å². The molecule has 0 spiro atoms.